The number of thioether (sulfide) groups is 1. The topological polar surface area (TPSA) is 70.6 Å². The Morgan fingerprint density at radius 1 is 1.33 bits per heavy atom. The third kappa shape index (κ3) is 8.49. The van der Waals surface area contributed by atoms with Gasteiger partial charge >= 0.3 is 0 Å². The number of sulfone groups is 1. The molecule has 0 saturated heterocycles. The van der Waals surface area contributed by atoms with Crippen molar-refractivity contribution in [2.45, 2.75) is 44.4 Å². The van der Waals surface area contributed by atoms with Crippen LogP contribution in [-0.2, 0) is 9.84 Å². The summed E-state index contributed by atoms with van der Waals surface area (Å²) in [6, 6.07) is 0.452. The predicted octanol–water partition coefficient (Wildman–Crippen LogP) is 1.88. The minimum atomic E-state index is -2.94. The Bertz CT molecular complexity index is 416. The van der Waals surface area contributed by atoms with E-state index >= 15 is 0 Å². The van der Waals surface area contributed by atoms with Crippen molar-refractivity contribution in [1.82, 2.24) is 10.6 Å². The molecule has 21 heavy (non-hydrogen) atoms. The summed E-state index contributed by atoms with van der Waals surface area (Å²) in [6.07, 6.45) is 5.70. The molecule has 8 heteroatoms. The summed E-state index contributed by atoms with van der Waals surface area (Å²) in [5, 5.41) is 7.33. The van der Waals surface area contributed by atoms with Crippen molar-refractivity contribution in [2.24, 2.45) is 4.99 Å². The molecule has 5 nitrogen and oxygen atoms in total. The lowest BCUT2D eigenvalue weighted by Gasteiger charge is -2.17. The molecule has 0 aromatic rings. The van der Waals surface area contributed by atoms with Crippen molar-refractivity contribution in [3.05, 3.63) is 0 Å². The average Bonchev–Trinajstić information content (AvgIpc) is 2.86. The van der Waals surface area contributed by atoms with Gasteiger partial charge < -0.3 is 10.6 Å². The largest absolute Gasteiger partial charge is 0.357 e. The molecular weight excluding hydrogens is 421 g/mol. The molecule has 0 amide bonds. The van der Waals surface area contributed by atoms with Crippen LogP contribution in [0.5, 0.6) is 0 Å². The summed E-state index contributed by atoms with van der Waals surface area (Å²) < 4.78 is 22.9. The van der Waals surface area contributed by atoms with Crippen LogP contribution in [0.1, 0.15) is 33.1 Å². The van der Waals surface area contributed by atoms with Gasteiger partial charge in [-0.1, -0.05) is 6.92 Å². The smallest absolute Gasteiger partial charge is 0.191 e. The number of guanidine groups is 1. The second-order valence-electron chi connectivity index (χ2n) is 5.01. The third-order valence-electron chi connectivity index (χ3n) is 3.51. The first-order valence-corrected chi connectivity index (χ1v) is 10.4. The first kappa shape index (κ1) is 21.3. The van der Waals surface area contributed by atoms with E-state index in [2.05, 4.69) is 21.9 Å². The highest BCUT2D eigenvalue weighted by atomic mass is 127. The maximum atomic E-state index is 11.5. The molecule has 0 bridgehead atoms. The quantitative estimate of drug-likeness (QED) is 0.353. The van der Waals surface area contributed by atoms with Crippen LogP contribution >= 0.6 is 35.7 Å². The summed E-state index contributed by atoms with van der Waals surface area (Å²) in [4.78, 5) is 4.37. The predicted molar refractivity (Wildman–Crippen MR) is 104 cm³/mol. The van der Waals surface area contributed by atoms with E-state index in [0.29, 0.717) is 12.6 Å². The lowest BCUT2D eigenvalue weighted by molar-refractivity contribution is 0.596. The van der Waals surface area contributed by atoms with E-state index in [9.17, 15) is 8.42 Å². The number of nitrogens with one attached hydrogen (secondary N) is 2. The minimum Gasteiger partial charge on any atom is -0.357 e. The van der Waals surface area contributed by atoms with Gasteiger partial charge in [0, 0.05) is 23.6 Å². The summed E-state index contributed by atoms with van der Waals surface area (Å²) in [6.45, 7) is 4.79. The van der Waals surface area contributed by atoms with Crippen LogP contribution in [0.25, 0.3) is 0 Å². The third-order valence-corrected chi connectivity index (χ3v) is 6.29. The van der Waals surface area contributed by atoms with E-state index in [0.717, 1.165) is 30.6 Å². The highest BCUT2D eigenvalue weighted by molar-refractivity contribution is 14.0. The molecule has 1 rings (SSSR count). The number of halogens is 1. The molecule has 0 heterocycles. The Labute approximate surface area is 150 Å². The second-order valence-corrected chi connectivity index (χ2v) is 8.62. The first-order valence-electron chi connectivity index (χ1n) is 7.28. The molecule has 1 fully saturated rings. The molecule has 1 saturated carbocycles. The highest BCUT2D eigenvalue weighted by Gasteiger charge is 2.24. The fraction of sp³-hybridized carbons (Fsp3) is 0.923. The molecule has 0 aromatic heterocycles. The van der Waals surface area contributed by atoms with Gasteiger partial charge in [-0.15, -0.1) is 24.0 Å². The molecule has 0 aliphatic heterocycles. The normalized spacial score (nSPS) is 22.7. The summed E-state index contributed by atoms with van der Waals surface area (Å²) in [5.74, 6) is 1.05. The lowest BCUT2D eigenvalue weighted by atomic mass is 10.2. The van der Waals surface area contributed by atoms with Crippen LogP contribution < -0.4 is 10.6 Å². The van der Waals surface area contributed by atoms with Gasteiger partial charge in [-0.25, -0.2) is 8.42 Å². The Morgan fingerprint density at radius 3 is 2.57 bits per heavy atom. The monoisotopic (exact) mass is 449 g/mol. The van der Waals surface area contributed by atoms with E-state index in [1.54, 1.807) is 6.92 Å². The van der Waals surface area contributed by atoms with Crippen molar-refractivity contribution >= 4 is 51.5 Å². The Kier molecular flexibility index (Phi) is 11.1. The van der Waals surface area contributed by atoms with Crippen LogP contribution in [0, 0.1) is 0 Å². The Hall–Kier alpha value is 0.300. The second kappa shape index (κ2) is 10.9. The molecular formula is C13H28IN3O2S2. The van der Waals surface area contributed by atoms with Gasteiger partial charge in [0.25, 0.3) is 0 Å². The SMILES string of the molecule is CCNC(=NCCS(=O)(=O)CC)NC1CCC(SC)C1.I. The van der Waals surface area contributed by atoms with Crippen LogP contribution in [0.2, 0.25) is 0 Å². The van der Waals surface area contributed by atoms with E-state index in [1.807, 2.05) is 18.7 Å². The van der Waals surface area contributed by atoms with Gasteiger partial charge in [-0.3, -0.25) is 4.99 Å². The van der Waals surface area contributed by atoms with Gasteiger partial charge in [-0.05, 0) is 32.4 Å². The number of aliphatic imine (C=N–C) groups is 1. The molecule has 2 atom stereocenters. The van der Waals surface area contributed by atoms with Gasteiger partial charge in [-0.2, -0.15) is 11.8 Å². The number of hydrogen-bond donors (Lipinski definition) is 2. The molecule has 126 valence electrons. The van der Waals surface area contributed by atoms with Crippen LogP contribution in [0.15, 0.2) is 4.99 Å². The maximum Gasteiger partial charge on any atom is 0.191 e. The highest BCUT2D eigenvalue weighted by Crippen LogP contribution is 2.27. The molecule has 1 aliphatic rings. The van der Waals surface area contributed by atoms with Crippen LogP contribution in [0.4, 0.5) is 0 Å². The number of nitrogens with zero attached hydrogens (tertiary/aromatic N) is 1. The first-order chi connectivity index (χ1) is 9.50. The molecule has 1 aliphatic carbocycles. The van der Waals surface area contributed by atoms with Crippen molar-refractivity contribution in [3.8, 4) is 0 Å². The molecule has 2 N–H and O–H groups in total. The van der Waals surface area contributed by atoms with Gasteiger partial charge in [0.2, 0.25) is 0 Å². The van der Waals surface area contributed by atoms with Gasteiger partial charge in [0.05, 0.1) is 12.3 Å². The van der Waals surface area contributed by atoms with Crippen LogP contribution in [-0.4, -0.2) is 56.5 Å². The standard InChI is InChI=1S/C13H27N3O2S2.HI/c1-4-14-13(15-8-9-20(17,18)5-2)16-11-6-7-12(10-11)19-3;/h11-12H,4-10H2,1-3H3,(H2,14,15,16);1H. The fourth-order valence-corrected chi connectivity index (χ4v) is 3.69. The zero-order chi connectivity index (χ0) is 15.0. The van der Waals surface area contributed by atoms with Crippen molar-refractivity contribution in [1.29, 1.82) is 0 Å². The van der Waals surface area contributed by atoms with E-state index in [4.69, 9.17) is 0 Å². The maximum absolute atomic E-state index is 11.5. The zero-order valence-electron chi connectivity index (χ0n) is 13.1. The van der Waals surface area contributed by atoms with Crippen molar-refractivity contribution in [3.63, 3.8) is 0 Å². The summed E-state index contributed by atoms with van der Waals surface area (Å²) in [5.41, 5.74) is 0. The van der Waals surface area contributed by atoms with Gasteiger partial charge in [0.15, 0.2) is 15.8 Å². The molecule has 0 radical (unpaired) electrons. The number of hydrogen-bond acceptors (Lipinski definition) is 4. The van der Waals surface area contributed by atoms with Gasteiger partial charge in [0.1, 0.15) is 0 Å². The minimum absolute atomic E-state index is 0. The van der Waals surface area contributed by atoms with E-state index < -0.39 is 9.84 Å². The Morgan fingerprint density at radius 2 is 2.05 bits per heavy atom. The zero-order valence-corrected chi connectivity index (χ0v) is 17.1. The fourth-order valence-electron chi connectivity index (χ4n) is 2.24. The lowest BCUT2D eigenvalue weighted by Crippen LogP contribution is -2.42. The number of rotatable bonds is 7. The Balaban J connectivity index is 0.00000400. The van der Waals surface area contributed by atoms with Crippen molar-refractivity contribution in [2.75, 3.05) is 30.9 Å². The summed E-state index contributed by atoms with van der Waals surface area (Å²) >= 11 is 1.92. The molecule has 0 aromatic carbocycles. The van der Waals surface area contributed by atoms with E-state index in [1.165, 1.54) is 6.42 Å². The van der Waals surface area contributed by atoms with E-state index in [-0.39, 0.29) is 35.5 Å². The van der Waals surface area contributed by atoms with Crippen LogP contribution in [0.3, 0.4) is 0 Å². The average molecular weight is 449 g/mol. The molecule has 0 spiro atoms. The summed E-state index contributed by atoms with van der Waals surface area (Å²) in [7, 11) is -2.94. The molecule has 2 unspecified atom stereocenters. The van der Waals surface area contributed by atoms with Crippen molar-refractivity contribution < 1.29 is 8.42 Å².